The van der Waals surface area contributed by atoms with Gasteiger partial charge in [-0.05, 0) is 48.8 Å². The van der Waals surface area contributed by atoms with E-state index in [0.717, 1.165) is 11.8 Å². The molecule has 0 saturated carbocycles. The number of benzene rings is 1. The Morgan fingerprint density at radius 3 is 2.02 bits per heavy atom. The largest absolute Gasteiger partial charge is 0.443 e. The maximum absolute atomic E-state index is 13.3. The number of nitrogens with one attached hydrogen (secondary N) is 4. The Bertz CT molecular complexity index is 1420. The summed E-state index contributed by atoms with van der Waals surface area (Å²) in [5.41, 5.74) is 1.38. The molecule has 1 aromatic heterocycles. The molecule has 5 atom stereocenters. The van der Waals surface area contributed by atoms with Crippen LogP contribution in [0.15, 0.2) is 54.7 Å². The molecule has 0 bridgehead atoms. The smallest absolute Gasteiger partial charge is 0.408 e. The summed E-state index contributed by atoms with van der Waals surface area (Å²) in [5, 5.41) is 21.9. The summed E-state index contributed by atoms with van der Waals surface area (Å²) in [7, 11) is -3.73. The molecule has 0 aliphatic rings. The second-order valence-corrected chi connectivity index (χ2v) is 15.2. The van der Waals surface area contributed by atoms with Gasteiger partial charge in [0.2, 0.25) is 17.7 Å². The Kier molecular flexibility index (Phi) is 16.5. The Morgan fingerprint density at radius 2 is 1.44 bits per heavy atom. The van der Waals surface area contributed by atoms with Crippen LogP contribution in [0.3, 0.4) is 0 Å². The number of sulfone groups is 1. The van der Waals surface area contributed by atoms with Gasteiger partial charge in [-0.15, -0.1) is 0 Å². The Hall–Kier alpha value is -4.04. The first kappa shape index (κ1) is 40.1. The highest BCUT2D eigenvalue weighted by Crippen LogP contribution is 2.17. The lowest BCUT2D eigenvalue weighted by atomic mass is 9.92. The molecule has 1 aromatic carbocycles. The van der Waals surface area contributed by atoms with E-state index in [1.807, 2.05) is 58.0 Å². The summed E-state index contributed by atoms with van der Waals surface area (Å²) in [6, 6.07) is 11.3. The van der Waals surface area contributed by atoms with Crippen molar-refractivity contribution in [1.29, 1.82) is 0 Å². The Labute approximate surface area is 283 Å². The predicted octanol–water partition coefficient (Wildman–Crippen LogP) is 2.49. The number of nitrogens with zero attached hydrogens (tertiary/aromatic N) is 1. The van der Waals surface area contributed by atoms with E-state index in [0.29, 0.717) is 25.1 Å². The number of alkyl carbamates (subject to hydrolysis) is 1. The second kappa shape index (κ2) is 19.7. The van der Waals surface area contributed by atoms with Crippen molar-refractivity contribution in [1.82, 2.24) is 26.3 Å². The van der Waals surface area contributed by atoms with E-state index < -0.39 is 63.6 Å². The van der Waals surface area contributed by atoms with Crippen molar-refractivity contribution in [3.05, 3.63) is 66.0 Å². The topological polar surface area (TPSA) is 193 Å². The first-order chi connectivity index (χ1) is 22.5. The molecule has 14 heteroatoms. The molecule has 2 rings (SSSR count). The number of rotatable bonds is 19. The van der Waals surface area contributed by atoms with Crippen LogP contribution >= 0.6 is 0 Å². The molecule has 48 heavy (non-hydrogen) atoms. The molecule has 0 unspecified atom stereocenters. The van der Waals surface area contributed by atoms with E-state index >= 15 is 0 Å². The molecule has 5 N–H and O–H groups in total. The van der Waals surface area contributed by atoms with Gasteiger partial charge in [0.25, 0.3) is 0 Å². The fourth-order valence-corrected chi connectivity index (χ4v) is 5.79. The number of hydrogen-bond donors (Lipinski definition) is 5. The number of pyridine rings is 1. The monoisotopic (exact) mass is 689 g/mol. The van der Waals surface area contributed by atoms with Gasteiger partial charge in [-0.2, -0.15) is 0 Å². The summed E-state index contributed by atoms with van der Waals surface area (Å²) in [5.74, 6) is -2.91. The zero-order chi connectivity index (χ0) is 35.9. The average molecular weight is 690 g/mol. The quantitative estimate of drug-likeness (QED) is 0.147. The van der Waals surface area contributed by atoms with Crippen LogP contribution in [0.2, 0.25) is 0 Å². The van der Waals surface area contributed by atoms with Crippen LogP contribution in [0.4, 0.5) is 4.79 Å². The van der Waals surface area contributed by atoms with Gasteiger partial charge in [0.1, 0.15) is 28.5 Å². The summed E-state index contributed by atoms with van der Waals surface area (Å²) in [6.07, 6.45) is 0.891. The van der Waals surface area contributed by atoms with Gasteiger partial charge in [-0.1, -0.05) is 71.0 Å². The maximum Gasteiger partial charge on any atom is 0.408 e. The highest BCUT2D eigenvalue weighted by molar-refractivity contribution is 7.90. The number of hydrogen-bond acceptors (Lipinski definition) is 9. The van der Waals surface area contributed by atoms with Crippen molar-refractivity contribution >= 4 is 33.7 Å². The molecule has 1 heterocycles. The maximum atomic E-state index is 13.3. The third-order valence-electron chi connectivity index (χ3n) is 7.37. The number of carbonyl (C=O) groups excluding carboxylic acids is 4. The molecule has 2 aromatic rings. The lowest BCUT2D eigenvalue weighted by Gasteiger charge is -2.29. The van der Waals surface area contributed by atoms with Gasteiger partial charge in [-0.3, -0.25) is 19.4 Å². The van der Waals surface area contributed by atoms with Crippen molar-refractivity contribution in [3.8, 4) is 0 Å². The van der Waals surface area contributed by atoms with E-state index in [1.165, 1.54) is 6.20 Å². The first-order valence-electron chi connectivity index (χ1n) is 16.1. The molecule has 0 fully saturated rings. The van der Waals surface area contributed by atoms with Crippen LogP contribution < -0.4 is 21.3 Å². The zero-order valence-electron chi connectivity index (χ0n) is 28.6. The Balaban J connectivity index is 2.07. The third kappa shape index (κ3) is 15.7. The lowest BCUT2D eigenvalue weighted by molar-refractivity contribution is -0.132. The van der Waals surface area contributed by atoms with E-state index in [4.69, 9.17) is 4.74 Å². The van der Waals surface area contributed by atoms with Crippen LogP contribution in [0.5, 0.6) is 0 Å². The minimum absolute atomic E-state index is 0.00229. The SMILES string of the molecule is CC(C)C[C@H](NC(=O)[C@H](C)C[C@H](O)[C@H](CC(C)C)NC(=O)[C@H](CS(C)(=O)=O)NC(=O)OCc1ccccn1)C(=O)NCc1ccccc1. The molecule has 4 amide bonds. The summed E-state index contributed by atoms with van der Waals surface area (Å²) in [4.78, 5) is 56.2. The van der Waals surface area contributed by atoms with Gasteiger partial charge in [0, 0.05) is 24.9 Å². The van der Waals surface area contributed by atoms with Crippen LogP contribution in [-0.2, 0) is 42.1 Å². The van der Waals surface area contributed by atoms with Crippen molar-refractivity contribution in [2.75, 3.05) is 12.0 Å². The molecule has 0 spiro atoms. The standard InChI is InChI=1S/C34H51N5O8S/c1-22(2)16-27(37-33(43)29(21-48(6,45)46)39-34(44)47-20-26-14-10-11-15-35-26)30(40)18-24(5)31(41)38-28(17-23(3)4)32(42)36-19-25-12-8-7-9-13-25/h7-15,22-24,27-30,40H,16-21H2,1-6H3,(H,36,42)(H,37,43)(H,38,41)(H,39,44)/t24-,27+,28+,29+,30+/m1/s1. The molecule has 13 nitrogen and oxygen atoms in total. The van der Waals surface area contributed by atoms with E-state index in [9.17, 15) is 32.7 Å². The molecule has 0 aliphatic heterocycles. The molecular formula is C34H51N5O8S. The number of ether oxygens (including phenoxy) is 1. The van der Waals surface area contributed by atoms with Crippen molar-refractivity contribution in [2.45, 2.75) is 91.3 Å². The molecular weight excluding hydrogens is 638 g/mol. The lowest BCUT2D eigenvalue weighted by Crippen LogP contribution is -2.55. The summed E-state index contributed by atoms with van der Waals surface area (Å²) < 4.78 is 29.4. The Morgan fingerprint density at radius 1 is 0.792 bits per heavy atom. The normalized spacial score (nSPS) is 14.7. The molecule has 0 radical (unpaired) electrons. The van der Waals surface area contributed by atoms with E-state index in [-0.39, 0.29) is 30.8 Å². The number of aliphatic hydroxyl groups is 1. The van der Waals surface area contributed by atoms with Gasteiger partial charge < -0.3 is 31.1 Å². The van der Waals surface area contributed by atoms with Crippen molar-refractivity contribution in [2.24, 2.45) is 17.8 Å². The third-order valence-corrected chi connectivity index (χ3v) is 8.30. The van der Waals surface area contributed by atoms with Crippen LogP contribution in [0.1, 0.15) is 65.1 Å². The average Bonchev–Trinajstić information content (AvgIpc) is 3.01. The number of aromatic nitrogens is 1. The zero-order valence-corrected chi connectivity index (χ0v) is 29.5. The van der Waals surface area contributed by atoms with E-state index in [2.05, 4.69) is 26.3 Å². The number of amides is 4. The highest BCUT2D eigenvalue weighted by Gasteiger charge is 2.32. The molecule has 0 saturated heterocycles. The minimum atomic E-state index is -3.73. The van der Waals surface area contributed by atoms with Crippen LogP contribution in [0, 0.1) is 17.8 Å². The van der Waals surface area contributed by atoms with Crippen molar-refractivity contribution in [3.63, 3.8) is 0 Å². The highest BCUT2D eigenvalue weighted by atomic mass is 32.2. The van der Waals surface area contributed by atoms with Gasteiger partial charge in [0.05, 0.1) is 23.6 Å². The van der Waals surface area contributed by atoms with Crippen LogP contribution in [0.25, 0.3) is 0 Å². The predicted molar refractivity (Wildman–Crippen MR) is 182 cm³/mol. The number of aliphatic hydroxyl groups excluding tert-OH is 1. The summed E-state index contributed by atoms with van der Waals surface area (Å²) in [6.45, 7) is 9.39. The fraction of sp³-hybridized carbons (Fsp3) is 0.559. The van der Waals surface area contributed by atoms with Gasteiger partial charge in [0.15, 0.2) is 0 Å². The second-order valence-electron chi connectivity index (χ2n) is 13.0. The fourth-order valence-electron chi connectivity index (χ4n) is 4.95. The first-order valence-corrected chi connectivity index (χ1v) is 18.2. The van der Waals surface area contributed by atoms with E-state index in [1.54, 1.807) is 25.1 Å². The van der Waals surface area contributed by atoms with Crippen molar-refractivity contribution < 1.29 is 37.4 Å². The minimum Gasteiger partial charge on any atom is -0.443 e. The van der Waals surface area contributed by atoms with Gasteiger partial charge >= 0.3 is 6.09 Å². The molecule has 0 aliphatic carbocycles. The van der Waals surface area contributed by atoms with Gasteiger partial charge in [-0.25, -0.2) is 13.2 Å². The number of carbonyl (C=O) groups is 4. The van der Waals surface area contributed by atoms with Crippen LogP contribution in [-0.4, -0.2) is 78.6 Å². The molecule has 266 valence electrons. The summed E-state index contributed by atoms with van der Waals surface area (Å²) >= 11 is 0.